The lowest BCUT2D eigenvalue weighted by molar-refractivity contribution is 0.129. The number of anilines is 1. The van der Waals surface area contributed by atoms with Gasteiger partial charge < -0.3 is 10.6 Å². The molecule has 0 radical (unpaired) electrons. The van der Waals surface area contributed by atoms with E-state index in [4.69, 9.17) is 5.73 Å². The molecule has 1 saturated heterocycles. The van der Waals surface area contributed by atoms with Crippen molar-refractivity contribution in [3.8, 4) is 0 Å². The minimum Gasteiger partial charge on any atom is -0.399 e. The quantitative estimate of drug-likeness (QED) is 0.871. The summed E-state index contributed by atoms with van der Waals surface area (Å²) >= 11 is 3.59. The van der Waals surface area contributed by atoms with Crippen LogP contribution < -0.4 is 5.73 Å². The van der Waals surface area contributed by atoms with Crippen molar-refractivity contribution >= 4 is 21.6 Å². The van der Waals surface area contributed by atoms with Crippen molar-refractivity contribution in [2.75, 3.05) is 32.9 Å². The van der Waals surface area contributed by atoms with Crippen LogP contribution in [0.3, 0.4) is 0 Å². The van der Waals surface area contributed by atoms with Crippen LogP contribution in [-0.4, -0.2) is 43.0 Å². The number of nitrogens with two attached hydrogens (primary N) is 1. The fourth-order valence-electron chi connectivity index (χ4n) is 2.59. The molecule has 0 saturated carbocycles. The molecule has 100 valence electrons. The number of benzene rings is 1. The molecular weight excluding hydrogens is 290 g/mol. The van der Waals surface area contributed by atoms with E-state index in [-0.39, 0.29) is 0 Å². The lowest BCUT2D eigenvalue weighted by atomic mass is 10.0. The molecule has 0 aromatic heterocycles. The summed E-state index contributed by atoms with van der Waals surface area (Å²) in [5, 5.41) is 0. The number of hydrogen-bond donors (Lipinski definition) is 1. The Labute approximate surface area is 118 Å². The van der Waals surface area contributed by atoms with E-state index in [1.807, 2.05) is 12.1 Å². The van der Waals surface area contributed by atoms with Gasteiger partial charge in [-0.2, -0.15) is 0 Å². The Hall–Kier alpha value is -0.580. The summed E-state index contributed by atoms with van der Waals surface area (Å²) in [4.78, 5) is 4.87. The molecule has 1 unspecified atom stereocenters. The van der Waals surface area contributed by atoms with Crippen LogP contribution >= 0.6 is 15.9 Å². The first-order valence-corrected chi connectivity index (χ1v) is 7.28. The van der Waals surface area contributed by atoms with Gasteiger partial charge in [0.15, 0.2) is 0 Å². The highest BCUT2D eigenvalue weighted by atomic mass is 79.9. The van der Waals surface area contributed by atoms with E-state index in [1.54, 1.807) is 0 Å². The van der Waals surface area contributed by atoms with Crippen LogP contribution in [-0.2, 0) is 6.54 Å². The second kappa shape index (κ2) is 6.04. The lowest BCUT2D eigenvalue weighted by Crippen LogP contribution is -2.44. The standard InChI is InChI=1S/C14H22BrN3/c1-17-7-3-4-13(10-17)18(2)9-11-5-6-12(16)8-14(11)15/h5-6,8,13H,3-4,7,9-10,16H2,1-2H3. The Balaban J connectivity index is 1.99. The molecule has 2 N–H and O–H groups in total. The number of piperidine rings is 1. The van der Waals surface area contributed by atoms with Crippen molar-refractivity contribution in [2.24, 2.45) is 0 Å². The van der Waals surface area contributed by atoms with Gasteiger partial charge in [0.25, 0.3) is 0 Å². The van der Waals surface area contributed by atoms with Crippen LogP contribution in [0.1, 0.15) is 18.4 Å². The monoisotopic (exact) mass is 311 g/mol. The first kappa shape index (κ1) is 13.8. The van der Waals surface area contributed by atoms with Crippen LogP contribution in [0.25, 0.3) is 0 Å². The molecule has 0 amide bonds. The van der Waals surface area contributed by atoms with E-state index < -0.39 is 0 Å². The summed E-state index contributed by atoms with van der Waals surface area (Å²) in [5.74, 6) is 0. The van der Waals surface area contributed by atoms with Crippen LogP contribution in [0, 0.1) is 0 Å². The predicted molar refractivity (Wildman–Crippen MR) is 80.5 cm³/mol. The van der Waals surface area contributed by atoms with Crippen molar-refractivity contribution in [2.45, 2.75) is 25.4 Å². The summed E-state index contributed by atoms with van der Waals surface area (Å²) in [6.07, 6.45) is 2.60. The minimum absolute atomic E-state index is 0.660. The summed E-state index contributed by atoms with van der Waals surface area (Å²) in [5.41, 5.74) is 7.89. The molecule has 1 fully saturated rings. The number of hydrogen-bond acceptors (Lipinski definition) is 3. The molecule has 1 aliphatic rings. The topological polar surface area (TPSA) is 32.5 Å². The molecule has 3 nitrogen and oxygen atoms in total. The zero-order chi connectivity index (χ0) is 13.1. The summed E-state index contributed by atoms with van der Waals surface area (Å²) in [6, 6.07) is 6.73. The Morgan fingerprint density at radius 3 is 2.94 bits per heavy atom. The van der Waals surface area contributed by atoms with Gasteiger partial charge in [-0.05, 0) is 51.2 Å². The van der Waals surface area contributed by atoms with Gasteiger partial charge in [-0.3, -0.25) is 4.90 Å². The van der Waals surface area contributed by atoms with Gasteiger partial charge in [0.05, 0.1) is 0 Å². The Morgan fingerprint density at radius 1 is 1.50 bits per heavy atom. The van der Waals surface area contributed by atoms with Gasteiger partial charge in [0.1, 0.15) is 0 Å². The van der Waals surface area contributed by atoms with E-state index >= 15 is 0 Å². The second-order valence-corrected chi connectivity index (χ2v) is 6.18. The smallest absolute Gasteiger partial charge is 0.0325 e. The Kier molecular flexibility index (Phi) is 4.65. The normalized spacial score (nSPS) is 21.4. The van der Waals surface area contributed by atoms with Crippen LogP contribution in [0.4, 0.5) is 5.69 Å². The highest BCUT2D eigenvalue weighted by Gasteiger charge is 2.21. The van der Waals surface area contributed by atoms with Gasteiger partial charge in [0, 0.05) is 29.3 Å². The summed E-state index contributed by atoms with van der Waals surface area (Å²) < 4.78 is 1.11. The molecule has 1 aliphatic heterocycles. The predicted octanol–water partition coefficient (Wildman–Crippen LogP) is 2.56. The third kappa shape index (κ3) is 3.46. The molecule has 0 aliphatic carbocycles. The highest BCUT2D eigenvalue weighted by Crippen LogP contribution is 2.23. The zero-order valence-corrected chi connectivity index (χ0v) is 12.8. The maximum atomic E-state index is 5.77. The lowest BCUT2D eigenvalue weighted by Gasteiger charge is -2.36. The molecule has 1 aromatic rings. The summed E-state index contributed by atoms with van der Waals surface area (Å²) in [6.45, 7) is 3.37. The molecule has 0 bridgehead atoms. The molecule has 4 heteroatoms. The van der Waals surface area contributed by atoms with Crippen molar-refractivity contribution in [3.63, 3.8) is 0 Å². The van der Waals surface area contributed by atoms with E-state index in [0.717, 1.165) is 16.7 Å². The molecule has 18 heavy (non-hydrogen) atoms. The Morgan fingerprint density at radius 2 is 2.28 bits per heavy atom. The molecular formula is C14H22BrN3. The van der Waals surface area contributed by atoms with Gasteiger partial charge >= 0.3 is 0 Å². The van der Waals surface area contributed by atoms with E-state index in [0.29, 0.717) is 6.04 Å². The number of likely N-dealkylation sites (tertiary alicyclic amines) is 1. The first-order valence-electron chi connectivity index (χ1n) is 6.49. The molecule has 0 spiro atoms. The molecule has 2 rings (SSSR count). The molecule has 1 atom stereocenters. The van der Waals surface area contributed by atoms with Crippen molar-refractivity contribution < 1.29 is 0 Å². The Bertz CT molecular complexity index is 408. The highest BCUT2D eigenvalue weighted by molar-refractivity contribution is 9.10. The number of nitrogen functional groups attached to an aromatic ring is 1. The number of likely N-dealkylation sites (N-methyl/N-ethyl adjacent to an activating group) is 2. The minimum atomic E-state index is 0.660. The van der Waals surface area contributed by atoms with Crippen molar-refractivity contribution in [1.29, 1.82) is 0 Å². The summed E-state index contributed by atoms with van der Waals surface area (Å²) in [7, 11) is 4.42. The average Bonchev–Trinajstić information content (AvgIpc) is 2.32. The third-order valence-electron chi connectivity index (χ3n) is 3.72. The SMILES string of the molecule is CN1CCCC(N(C)Cc2ccc(N)cc2Br)C1. The average molecular weight is 312 g/mol. The van der Waals surface area contributed by atoms with E-state index in [9.17, 15) is 0 Å². The van der Waals surface area contributed by atoms with Gasteiger partial charge in [-0.25, -0.2) is 0 Å². The van der Waals surface area contributed by atoms with Gasteiger partial charge in [-0.15, -0.1) is 0 Å². The number of halogens is 1. The molecule has 1 aromatic carbocycles. The fourth-order valence-corrected chi connectivity index (χ4v) is 3.11. The largest absolute Gasteiger partial charge is 0.399 e. The maximum Gasteiger partial charge on any atom is 0.0325 e. The fraction of sp³-hybridized carbons (Fsp3) is 0.571. The van der Waals surface area contributed by atoms with Crippen LogP contribution in [0.5, 0.6) is 0 Å². The second-order valence-electron chi connectivity index (χ2n) is 5.32. The number of nitrogens with zero attached hydrogens (tertiary/aromatic N) is 2. The first-order chi connectivity index (χ1) is 8.56. The van der Waals surface area contributed by atoms with Crippen LogP contribution in [0.2, 0.25) is 0 Å². The zero-order valence-electron chi connectivity index (χ0n) is 11.2. The van der Waals surface area contributed by atoms with Crippen LogP contribution in [0.15, 0.2) is 22.7 Å². The van der Waals surface area contributed by atoms with Gasteiger partial charge in [0.2, 0.25) is 0 Å². The maximum absolute atomic E-state index is 5.77. The van der Waals surface area contributed by atoms with Crippen molar-refractivity contribution in [3.05, 3.63) is 28.2 Å². The van der Waals surface area contributed by atoms with E-state index in [2.05, 4.69) is 45.9 Å². The third-order valence-corrected chi connectivity index (χ3v) is 4.46. The van der Waals surface area contributed by atoms with E-state index in [1.165, 1.54) is 31.5 Å². The number of rotatable bonds is 3. The molecule has 1 heterocycles. The van der Waals surface area contributed by atoms with Crippen molar-refractivity contribution in [1.82, 2.24) is 9.80 Å². The van der Waals surface area contributed by atoms with Gasteiger partial charge in [-0.1, -0.05) is 22.0 Å².